The van der Waals surface area contributed by atoms with Crippen LogP contribution in [0.15, 0.2) is 235 Å². The molecule has 2 aromatic heterocycles. The third-order valence-corrected chi connectivity index (χ3v) is 14.0. The van der Waals surface area contributed by atoms with Crippen molar-refractivity contribution in [2.45, 2.75) is 5.41 Å². The van der Waals surface area contributed by atoms with E-state index in [9.17, 15) is 0 Å². The summed E-state index contributed by atoms with van der Waals surface area (Å²) in [4.78, 5) is 2.44. The zero-order valence-corrected chi connectivity index (χ0v) is 34.7. The van der Waals surface area contributed by atoms with Gasteiger partial charge in [-0.15, -0.1) is 0 Å². The van der Waals surface area contributed by atoms with Crippen LogP contribution in [0.5, 0.6) is 0 Å². The molecule has 1 aliphatic carbocycles. The van der Waals surface area contributed by atoms with Gasteiger partial charge in [-0.2, -0.15) is 0 Å². The van der Waals surface area contributed by atoms with E-state index in [1.54, 1.807) is 0 Å². The van der Waals surface area contributed by atoms with Gasteiger partial charge in [-0.3, -0.25) is 0 Å². The molecule has 0 N–H and O–H groups in total. The Morgan fingerprint density at radius 1 is 0.375 bits per heavy atom. The normalized spacial score (nSPS) is 14.6. The summed E-state index contributed by atoms with van der Waals surface area (Å²) in [5.74, 6) is 0. The van der Waals surface area contributed by atoms with Crippen LogP contribution in [0.4, 0.5) is 17.1 Å². The van der Waals surface area contributed by atoms with Gasteiger partial charge in [0, 0.05) is 32.8 Å². The van der Waals surface area contributed by atoms with Crippen molar-refractivity contribution in [3.05, 3.63) is 253 Å². The van der Waals surface area contributed by atoms with Gasteiger partial charge in [-0.25, -0.2) is 0 Å². The third kappa shape index (κ3) is 4.70. The highest BCUT2D eigenvalue weighted by Crippen LogP contribution is 2.62. The van der Waals surface area contributed by atoms with Crippen LogP contribution in [-0.4, -0.2) is 4.57 Å². The fourth-order valence-corrected chi connectivity index (χ4v) is 11.4. The molecule has 3 nitrogen and oxygen atoms in total. The number of fused-ring (bicyclic) bond motifs is 15. The van der Waals surface area contributed by atoms with Crippen LogP contribution in [-0.2, 0) is 5.41 Å². The molecule has 0 fully saturated rings. The van der Waals surface area contributed by atoms with Crippen LogP contribution in [0.25, 0.3) is 82.8 Å². The van der Waals surface area contributed by atoms with Gasteiger partial charge in [0.15, 0.2) is 5.58 Å². The SMILES string of the molecule is c1ccc(-c2cccc(-c3ccccc3N(c3ccc4c(c3)C3(c5ccccc5-4)c4ccccc4-n4c5ccccc5c5cccc3c54)c3cccc4c3oc3ccccc34)c2)cc1. The number of hydrogen-bond donors (Lipinski definition) is 0. The zero-order valence-electron chi connectivity index (χ0n) is 34.7. The fraction of sp³-hybridized carbons (Fsp3) is 0.0164. The summed E-state index contributed by atoms with van der Waals surface area (Å²) < 4.78 is 9.40. The molecule has 1 unspecified atom stereocenters. The molecule has 3 heterocycles. The molecule has 1 aliphatic heterocycles. The first-order valence-electron chi connectivity index (χ1n) is 22.1. The monoisotopic (exact) mass is 814 g/mol. The Bertz CT molecular complexity index is 3870. The van der Waals surface area contributed by atoms with Crippen LogP contribution in [0, 0.1) is 0 Å². The lowest BCUT2D eigenvalue weighted by molar-refractivity contribution is 0.669. The molecule has 0 saturated carbocycles. The molecule has 0 radical (unpaired) electrons. The van der Waals surface area contributed by atoms with E-state index in [2.05, 4.69) is 240 Å². The average molecular weight is 815 g/mol. The minimum absolute atomic E-state index is 0.594. The van der Waals surface area contributed by atoms with Crippen LogP contribution >= 0.6 is 0 Å². The predicted octanol–water partition coefficient (Wildman–Crippen LogP) is 16.2. The number of anilines is 3. The standard InChI is InChI=1S/C61H38N2O/c1-2-17-39(18-3-1)40-19-14-20-41(37-40)43-21-5-10-30-54(43)62(57-33-16-26-49-47-24-7-13-34-58(47)64-60(49)57)42-35-36-45-44-22-4-8-27-50(44)61(53(45)38-42)51-28-9-12-32-56(51)63-55-31-11-6-23-46(55)48-25-15-29-52(61)59(48)63/h1-38H. The maximum atomic E-state index is 6.89. The Balaban J connectivity index is 1.08. The number of furan rings is 1. The van der Waals surface area contributed by atoms with Gasteiger partial charge in [0.1, 0.15) is 5.58 Å². The maximum absolute atomic E-state index is 6.89. The molecule has 0 saturated heterocycles. The van der Waals surface area contributed by atoms with Gasteiger partial charge >= 0.3 is 0 Å². The second kappa shape index (κ2) is 13.3. The lowest BCUT2D eigenvalue weighted by Gasteiger charge is -2.40. The number of rotatable bonds is 5. The Labute approximate surface area is 370 Å². The molecule has 298 valence electrons. The van der Waals surface area contributed by atoms with Crippen molar-refractivity contribution >= 4 is 60.8 Å². The molecule has 0 bridgehead atoms. The highest BCUT2D eigenvalue weighted by atomic mass is 16.3. The van der Waals surface area contributed by atoms with E-state index in [0.29, 0.717) is 0 Å². The van der Waals surface area contributed by atoms with Crippen LogP contribution in [0.1, 0.15) is 22.3 Å². The molecular formula is C61H38N2O. The van der Waals surface area contributed by atoms with Crippen molar-refractivity contribution in [1.82, 2.24) is 4.57 Å². The van der Waals surface area contributed by atoms with E-state index in [0.717, 1.165) is 50.1 Å². The van der Waals surface area contributed by atoms with E-state index in [1.165, 1.54) is 72.0 Å². The molecule has 14 rings (SSSR count). The van der Waals surface area contributed by atoms with Crippen LogP contribution < -0.4 is 4.90 Å². The van der Waals surface area contributed by atoms with Crippen LogP contribution in [0.2, 0.25) is 0 Å². The van der Waals surface area contributed by atoms with E-state index >= 15 is 0 Å². The molecule has 0 amide bonds. The summed E-state index contributed by atoms with van der Waals surface area (Å²) in [6.07, 6.45) is 0. The van der Waals surface area contributed by atoms with Gasteiger partial charge in [-0.05, 0) is 98.6 Å². The van der Waals surface area contributed by atoms with Crippen molar-refractivity contribution < 1.29 is 4.42 Å². The summed E-state index contributed by atoms with van der Waals surface area (Å²) >= 11 is 0. The summed E-state index contributed by atoms with van der Waals surface area (Å²) in [6.45, 7) is 0. The number of benzene rings is 10. The maximum Gasteiger partial charge on any atom is 0.159 e. The zero-order chi connectivity index (χ0) is 41.9. The molecule has 2 aliphatic rings. The van der Waals surface area contributed by atoms with E-state index in [1.807, 2.05) is 0 Å². The molecule has 12 aromatic rings. The topological polar surface area (TPSA) is 21.3 Å². The minimum atomic E-state index is -0.594. The molecule has 3 heteroatoms. The van der Waals surface area contributed by atoms with Gasteiger partial charge in [0.25, 0.3) is 0 Å². The Hall–Kier alpha value is -8.40. The number of nitrogens with zero attached hydrogens (tertiary/aromatic N) is 2. The van der Waals surface area contributed by atoms with Gasteiger partial charge in [0.2, 0.25) is 0 Å². The highest BCUT2D eigenvalue weighted by Gasteiger charge is 2.51. The predicted molar refractivity (Wildman–Crippen MR) is 264 cm³/mol. The quantitative estimate of drug-likeness (QED) is 0.173. The van der Waals surface area contributed by atoms with Crippen molar-refractivity contribution in [1.29, 1.82) is 0 Å². The molecule has 1 spiro atoms. The minimum Gasteiger partial charge on any atom is -0.454 e. The molecular weight excluding hydrogens is 777 g/mol. The number of hydrogen-bond acceptors (Lipinski definition) is 2. The fourth-order valence-electron chi connectivity index (χ4n) is 11.4. The lowest BCUT2D eigenvalue weighted by Crippen LogP contribution is -2.33. The lowest BCUT2D eigenvalue weighted by atomic mass is 9.65. The first-order chi connectivity index (χ1) is 31.8. The number of para-hydroxylation sites is 6. The average Bonchev–Trinajstić information content (AvgIpc) is 4.01. The Morgan fingerprint density at radius 3 is 1.92 bits per heavy atom. The number of aromatic nitrogens is 1. The summed E-state index contributed by atoms with van der Waals surface area (Å²) in [7, 11) is 0. The first kappa shape index (κ1) is 35.2. The largest absolute Gasteiger partial charge is 0.454 e. The van der Waals surface area contributed by atoms with Crippen molar-refractivity contribution in [3.63, 3.8) is 0 Å². The second-order valence-electron chi connectivity index (χ2n) is 17.1. The van der Waals surface area contributed by atoms with Crippen LogP contribution in [0.3, 0.4) is 0 Å². The van der Waals surface area contributed by atoms with E-state index in [4.69, 9.17) is 4.42 Å². The smallest absolute Gasteiger partial charge is 0.159 e. The van der Waals surface area contributed by atoms with Gasteiger partial charge < -0.3 is 13.9 Å². The van der Waals surface area contributed by atoms with Crippen molar-refractivity contribution in [2.24, 2.45) is 0 Å². The van der Waals surface area contributed by atoms with Crippen molar-refractivity contribution in [3.8, 4) is 39.1 Å². The second-order valence-corrected chi connectivity index (χ2v) is 17.1. The Kier molecular flexibility index (Phi) is 7.32. The summed E-state index contributed by atoms with van der Waals surface area (Å²) in [6, 6.07) is 84.6. The molecule has 10 aromatic carbocycles. The Morgan fingerprint density at radius 2 is 1.00 bits per heavy atom. The molecule has 1 atom stereocenters. The van der Waals surface area contributed by atoms with E-state index < -0.39 is 5.41 Å². The summed E-state index contributed by atoms with van der Waals surface area (Å²) in [5.41, 5.74) is 20.3. The van der Waals surface area contributed by atoms with E-state index in [-0.39, 0.29) is 0 Å². The third-order valence-electron chi connectivity index (χ3n) is 14.0. The van der Waals surface area contributed by atoms with Gasteiger partial charge in [0.05, 0.1) is 33.5 Å². The summed E-state index contributed by atoms with van der Waals surface area (Å²) in [5, 5.41) is 4.74. The first-order valence-corrected chi connectivity index (χ1v) is 22.1. The highest BCUT2D eigenvalue weighted by molar-refractivity contribution is 6.14. The van der Waals surface area contributed by atoms with Crippen molar-refractivity contribution in [2.75, 3.05) is 4.90 Å². The molecule has 64 heavy (non-hydrogen) atoms. The van der Waals surface area contributed by atoms with Gasteiger partial charge in [-0.1, -0.05) is 182 Å².